The average molecular weight is 435 g/mol. The van der Waals surface area contributed by atoms with Crippen molar-refractivity contribution in [3.05, 3.63) is 5.92 Å². The van der Waals surface area contributed by atoms with Gasteiger partial charge in [-0.25, -0.2) is 13.6 Å². The first kappa shape index (κ1) is 22.7. The standard InChI is InChI=1S/C17H26F2NO4.Y/c1-11-8-16(13(17(16,18)19)10-23-12(2)21)6-7-20(9-11)14(22)24-15(3,4)5;/h13H,6-10H2,1-5H3;/q-1;. The van der Waals surface area contributed by atoms with E-state index >= 15 is 0 Å². The summed E-state index contributed by atoms with van der Waals surface area (Å²) in [7, 11) is 0. The normalized spacial score (nSPS) is 28.8. The number of hydrogen-bond donors (Lipinski definition) is 0. The van der Waals surface area contributed by atoms with E-state index in [0.29, 0.717) is 6.54 Å². The fraction of sp³-hybridized carbons (Fsp3) is 0.824. The predicted molar refractivity (Wildman–Crippen MR) is 83.5 cm³/mol. The largest absolute Gasteiger partial charge is 0.465 e. The van der Waals surface area contributed by atoms with Crippen LogP contribution in [0.15, 0.2) is 0 Å². The molecule has 1 saturated carbocycles. The maximum absolute atomic E-state index is 14.4. The number of alkyl halides is 2. The Hall–Kier alpha value is -0.296. The van der Waals surface area contributed by atoms with Crippen molar-refractivity contribution in [3.8, 4) is 0 Å². The zero-order chi connectivity index (χ0) is 18.3. The summed E-state index contributed by atoms with van der Waals surface area (Å²) in [6.07, 6.45) is -0.0901. The van der Waals surface area contributed by atoms with E-state index in [1.54, 1.807) is 27.7 Å². The summed E-state index contributed by atoms with van der Waals surface area (Å²) in [6, 6.07) is 0. The van der Waals surface area contributed by atoms with Crippen molar-refractivity contribution in [3.63, 3.8) is 0 Å². The Morgan fingerprint density at radius 1 is 1.32 bits per heavy atom. The Kier molecular flexibility index (Phi) is 7.05. The van der Waals surface area contributed by atoms with E-state index in [1.165, 1.54) is 11.8 Å². The topological polar surface area (TPSA) is 55.8 Å². The third kappa shape index (κ3) is 4.91. The molecule has 25 heavy (non-hydrogen) atoms. The summed E-state index contributed by atoms with van der Waals surface area (Å²) in [5.74, 6) is -3.61. The number of nitrogens with zero attached hydrogens (tertiary/aromatic N) is 1. The molecule has 141 valence electrons. The molecule has 0 bridgehead atoms. The van der Waals surface area contributed by atoms with Crippen LogP contribution in [0.1, 0.15) is 47.5 Å². The molecule has 0 aromatic heterocycles. The first-order valence-electron chi connectivity index (χ1n) is 8.19. The summed E-state index contributed by atoms with van der Waals surface area (Å²) in [5, 5.41) is 0. The van der Waals surface area contributed by atoms with Crippen LogP contribution in [-0.2, 0) is 47.0 Å². The number of esters is 1. The van der Waals surface area contributed by atoms with Crippen LogP contribution in [0.25, 0.3) is 0 Å². The average Bonchev–Trinajstić information content (AvgIpc) is 2.91. The molecule has 0 aromatic rings. The van der Waals surface area contributed by atoms with Gasteiger partial charge >= 0.3 is 12.1 Å². The fourth-order valence-electron chi connectivity index (χ4n) is 3.54. The molecule has 0 N–H and O–H groups in total. The second-order valence-electron chi connectivity index (χ2n) is 7.92. The van der Waals surface area contributed by atoms with E-state index in [1.807, 2.05) is 0 Å². The van der Waals surface area contributed by atoms with Crippen molar-refractivity contribution in [2.24, 2.45) is 11.3 Å². The van der Waals surface area contributed by atoms with Gasteiger partial charge in [-0.3, -0.25) is 10.7 Å². The molecule has 1 spiro atoms. The summed E-state index contributed by atoms with van der Waals surface area (Å²) in [6.45, 7) is 8.54. The molecule has 2 atom stereocenters. The molecule has 1 saturated heterocycles. The van der Waals surface area contributed by atoms with Crippen LogP contribution in [0.2, 0.25) is 0 Å². The quantitative estimate of drug-likeness (QED) is 0.493. The van der Waals surface area contributed by atoms with Crippen LogP contribution in [0.5, 0.6) is 0 Å². The Balaban J connectivity index is 0.00000312. The molecule has 0 aromatic carbocycles. The number of ether oxygens (including phenoxy) is 2. The van der Waals surface area contributed by atoms with Crippen LogP contribution < -0.4 is 0 Å². The number of halogens is 2. The van der Waals surface area contributed by atoms with Crippen molar-refractivity contribution >= 4 is 12.1 Å². The van der Waals surface area contributed by atoms with Gasteiger partial charge in [-0.2, -0.15) is 13.3 Å². The molecule has 2 aliphatic rings. The molecule has 5 nitrogen and oxygen atoms in total. The maximum Gasteiger partial charge on any atom is 0.407 e. The minimum atomic E-state index is -2.88. The number of carbonyl (C=O) groups excluding carboxylic acids is 2. The maximum atomic E-state index is 14.4. The summed E-state index contributed by atoms with van der Waals surface area (Å²) < 4.78 is 39.0. The van der Waals surface area contributed by atoms with E-state index in [4.69, 9.17) is 9.47 Å². The van der Waals surface area contributed by atoms with Gasteiger partial charge in [0.2, 0.25) is 0 Å². The zero-order valence-corrected chi connectivity index (χ0v) is 18.4. The summed E-state index contributed by atoms with van der Waals surface area (Å²) >= 11 is 0. The Labute approximate surface area is 173 Å². The van der Waals surface area contributed by atoms with Crippen LogP contribution in [0.4, 0.5) is 13.6 Å². The van der Waals surface area contributed by atoms with Crippen molar-refractivity contribution < 1.29 is 60.6 Å². The molecule has 2 fully saturated rings. The van der Waals surface area contributed by atoms with Gasteiger partial charge in [0, 0.05) is 51.6 Å². The van der Waals surface area contributed by atoms with Gasteiger partial charge in [0.05, 0.1) is 5.92 Å². The van der Waals surface area contributed by atoms with Crippen LogP contribution in [-0.4, -0.2) is 48.2 Å². The number of likely N-dealkylation sites (tertiary alicyclic amines) is 1. The Morgan fingerprint density at radius 2 is 1.92 bits per heavy atom. The number of rotatable bonds is 2. The number of amides is 1. The van der Waals surface area contributed by atoms with E-state index in [-0.39, 0.29) is 58.7 Å². The second kappa shape index (κ2) is 7.75. The van der Waals surface area contributed by atoms with E-state index in [9.17, 15) is 18.4 Å². The monoisotopic (exact) mass is 435 g/mol. The molecule has 1 radical (unpaired) electrons. The summed E-state index contributed by atoms with van der Waals surface area (Å²) in [4.78, 5) is 24.6. The molecule has 1 amide bonds. The van der Waals surface area contributed by atoms with Gasteiger partial charge in [-0.05, 0) is 27.2 Å². The van der Waals surface area contributed by atoms with Gasteiger partial charge in [0.15, 0.2) is 0 Å². The van der Waals surface area contributed by atoms with Crippen molar-refractivity contribution in [2.75, 3.05) is 19.7 Å². The molecule has 1 aliphatic heterocycles. The molecular formula is C17H26F2NO4Y-. The van der Waals surface area contributed by atoms with Crippen molar-refractivity contribution in [1.29, 1.82) is 0 Å². The van der Waals surface area contributed by atoms with E-state index in [0.717, 1.165) is 5.92 Å². The Morgan fingerprint density at radius 3 is 2.44 bits per heavy atom. The van der Waals surface area contributed by atoms with Gasteiger partial charge < -0.3 is 14.4 Å². The number of carbonyl (C=O) groups is 2. The third-order valence-corrected chi connectivity index (χ3v) is 4.70. The van der Waals surface area contributed by atoms with E-state index in [2.05, 4.69) is 0 Å². The number of hydrogen-bond acceptors (Lipinski definition) is 4. The minimum Gasteiger partial charge on any atom is -0.465 e. The van der Waals surface area contributed by atoms with Gasteiger partial charge in [0.25, 0.3) is 5.92 Å². The van der Waals surface area contributed by atoms with Gasteiger partial charge in [0.1, 0.15) is 12.2 Å². The molecule has 2 rings (SSSR count). The fourth-order valence-corrected chi connectivity index (χ4v) is 3.54. The molecule has 1 heterocycles. The second-order valence-corrected chi connectivity index (χ2v) is 7.92. The molecule has 2 unspecified atom stereocenters. The Bertz CT molecular complexity index is 523. The SMILES string of the molecule is CC(=O)OCC1C(F)(F)C12CCN(C(=O)OC(C)(C)C)C[C-](C)C2.[Y]. The van der Waals surface area contributed by atoms with Crippen LogP contribution in [0.3, 0.4) is 0 Å². The zero-order valence-electron chi connectivity index (χ0n) is 15.5. The first-order valence-corrected chi connectivity index (χ1v) is 8.19. The van der Waals surface area contributed by atoms with E-state index < -0.39 is 34.9 Å². The summed E-state index contributed by atoms with van der Waals surface area (Å²) in [5.41, 5.74) is -1.85. The predicted octanol–water partition coefficient (Wildman–Crippen LogP) is 3.42. The molecule has 1 aliphatic carbocycles. The van der Waals surface area contributed by atoms with Gasteiger partial charge in [-0.15, -0.1) is 0 Å². The minimum absolute atomic E-state index is 0. The van der Waals surface area contributed by atoms with Crippen LogP contribution in [0, 0.1) is 17.3 Å². The van der Waals surface area contributed by atoms with Crippen molar-refractivity contribution in [2.45, 2.75) is 59.0 Å². The molecule has 8 heteroatoms. The van der Waals surface area contributed by atoms with Crippen molar-refractivity contribution in [1.82, 2.24) is 4.90 Å². The van der Waals surface area contributed by atoms with Gasteiger partial charge in [-0.1, -0.05) is 6.54 Å². The van der Waals surface area contributed by atoms with Crippen LogP contribution >= 0.6 is 0 Å². The smallest absolute Gasteiger partial charge is 0.407 e. The first-order chi connectivity index (χ1) is 10.9. The molecular weight excluding hydrogens is 409 g/mol. The third-order valence-electron chi connectivity index (χ3n) is 4.70.